The van der Waals surface area contributed by atoms with Gasteiger partial charge in [0.1, 0.15) is 12.4 Å². The van der Waals surface area contributed by atoms with Crippen LogP contribution in [0, 0.1) is 6.08 Å². The zero-order valence-electron chi connectivity index (χ0n) is 11.9. The molecule has 0 amide bonds. The fraction of sp³-hybridized carbons (Fsp3) is 0.250. The summed E-state index contributed by atoms with van der Waals surface area (Å²) in [5.41, 5.74) is 2.77. The van der Waals surface area contributed by atoms with E-state index in [0.717, 1.165) is 23.5 Å². The van der Waals surface area contributed by atoms with Gasteiger partial charge in [0.05, 0.1) is 0 Å². The van der Waals surface area contributed by atoms with Crippen LogP contribution in [0.5, 0.6) is 5.75 Å². The van der Waals surface area contributed by atoms with Crippen molar-refractivity contribution >= 4 is 5.70 Å². The van der Waals surface area contributed by atoms with Gasteiger partial charge in [-0.2, -0.15) is 12.2 Å². The SMILES string of the molecule is C=C1C=C[C-]=C(c2ccc(OCC(F)F)cc2)N1CC.[Y]. The van der Waals surface area contributed by atoms with Crippen LogP contribution in [0.1, 0.15) is 12.5 Å². The van der Waals surface area contributed by atoms with Crippen molar-refractivity contribution in [3.05, 3.63) is 60.3 Å². The second kappa shape index (κ2) is 8.45. The first-order valence-corrected chi connectivity index (χ1v) is 6.39. The van der Waals surface area contributed by atoms with E-state index in [2.05, 4.69) is 12.7 Å². The first-order chi connectivity index (χ1) is 9.61. The molecular weight excluding hydrogens is 349 g/mol. The molecule has 0 saturated carbocycles. The molecule has 0 atom stereocenters. The zero-order valence-corrected chi connectivity index (χ0v) is 14.7. The van der Waals surface area contributed by atoms with Crippen LogP contribution in [0.15, 0.2) is 48.7 Å². The van der Waals surface area contributed by atoms with Crippen molar-refractivity contribution in [2.24, 2.45) is 0 Å². The maximum atomic E-state index is 12.1. The van der Waals surface area contributed by atoms with Crippen molar-refractivity contribution in [3.63, 3.8) is 0 Å². The van der Waals surface area contributed by atoms with E-state index < -0.39 is 13.0 Å². The van der Waals surface area contributed by atoms with Crippen molar-refractivity contribution in [1.82, 2.24) is 4.90 Å². The third kappa shape index (κ3) is 4.75. The summed E-state index contributed by atoms with van der Waals surface area (Å²) in [6, 6.07) is 7.03. The van der Waals surface area contributed by atoms with Gasteiger partial charge in [-0.1, -0.05) is 17.8 Å². The zero-order chi connectivity index (χ0) is 14.5. The summed E-state index contributed by atoms with van der Waals surface area (Å²) in [5, 5.41) is 0. The van der Waals surface area contributed by atoms with Gasteiger partial charge in [0.25, 0.3) is 6.43 Å². The van der Waals surface area contributed by atoms with Gasteiger partial charge in [-0.25, -0.2) is 8.78 Å². The van der Waals surface area contributed by atoms with Crippen LogP contribution < -0.4 is 4.74 Å². The third-order valence-electron chi connectivity index (χ3n) is 2.93. The number of nitrogens with zero attached hydrogens (tertiary/aromatic N) is 1. The maximum absolute atomic E-state index is 12.1. The van der Waals surface area contributed by atoms with Crippen LogP contribution in [0.2, 0.25) is 0 Å². The second-order valence-corrected chi connectivity index (χ2v) is 4.29. The van der Waals surface area contributed by atoms with E-state index in [-0.39, 0.29) is 32.7 Å². The molecule has 1 radical (unpaired) electrons. The molecule has 1 aliphatic rings. The van der Waals surface area contributed by atoms with E-state index in [9.17, 15) is 8.78 Å². The molecule has 1 aliphatic heterocycles. The Balaban J connectivity index is 0.00000220. The Hall–Kier alpha value is -0.996. The number of alkyl halides is 2. The van der Waals surface area contributed by atoms with Gasteiger partial charge in [-0.05, 0) is 24.8 Å². The number of halogens is 2. The predicted octanol–water partition coefficient (Wildman–Crippen LogP) is 3.88. The minimum absolute atomic E-state index is 0. The van der Waals surface area contributed by atoms with Crippen LogP contribution in [0.3, 0.4) is 0 Å². The number of hydrogen-bond acceptors (Lipinski definition) is 2. The van der Waals surface area contributed by atoms with Gasteiger partial charge in [0, 0.05) is 39.3 Å². The molecular formula is C16H16F2NOY-. The van der Waals surface area contributed by atoms with E-state index >= 15 is 0 Å². The molecule has 2 rings (SSSR count). The summed E-state index contributed by atoms with van der Waals surface area (Å²) in [4.78, 5) is 2.04. The Labute approximate surface area is 149 Å². The molecule has 1 heterocycles. The van der Waals surface area contributed by atoms with Gasteiger partial charge in [-0.3, -0.25) is 0 Å². The first kappa shape index (κ1) is 18.1. The van der Waals surface area contributed by atoms with E-state index in [1.54, 1.807) is 12.1 Å². The normalized spacial score (nSPS) is 14.0. The minimum Gasteiger partial charge on any atom is -0.488 e. The Kier molecular flexibility index (Phi) is 7.26. The smallest absolute Gasteiger partial charge is 0.272 e. The van der Waals surface area contributed by atoms with E-state index in [4.69, 9.17) is 4.74 Å². The van der Waals surface area contributed by atoms with Gasteiger partial charge >= 0.3 is 0 Å². The van der Waals surface area contributed by atoms with Crippen LogP contribution in [0.4, 0.5) is 8.78 Å². The van der Waals surface area contributed by atoms with Crippen molar-refractivity contribution < 1.29 is 46.2 Å². The molecule has 0 fully saturated rings. The Morgan fingerprint density at radius 3 is 2.52 bits per heavy atom. The average Bonchev–Trinajstić information content (AvgIpc) is 2.45. The van der Waals surface area contributed by atoms with Crippen molar-refractivity contribution in [2.45, 2.75) is 13.3 Å². The maximum Gasteiger partial charge on any atom is 0.272 e. The number of hydrogen-bond donors (Lipinski definition) is 0. The summed E-state index contributed by atoms with van der Waals surface area (Å²) in [7, 11) is 0. The number of allylic oxidation sites excluding steroid dienone is 3. The monoisotopic (exact) mass is 365 g/mol. The van der Waals surface area contributed by atoms with Crippen LogP contribution in [-0.2, 0) is 32.7 Å². The Morgan fingerprint density at radius 1 is 1.29 bits per heavy atom. The molecule has 0 aromatic heterocycles. The van der Waals surface area contributed by atoms with Crippen molar-refractivity contribution in [2.75, 3.05) is 13.2 Å². The fourth-order valence-electron chi connectivity index (χ4n) is 2.00. The standard InChI is InChI=1S/C16H16F2NO.Y/c1-3-19-12(2)5-4-6-15(19)13-7-9-14(10-8-13)20-11-16(17)18;/h4-5,7-10,16H,2-3,11H2,1H3;/q-1;. The summed E-state index contributed by atoms with van der Waals surface area (Å²) in [5.74, 6) is 0.433. The van der Waals surface area contributed by atoms with E-state index in [1.807, 2.05) is 36.1 Å². The molecule has 0 bridgehead atoms. The molecule has 2 nitrogen and oxygen atoms in total. The summed E-state index contributed by atoms with van der Waals surface area (Å²) >= 11 is 0. The molecule has 0 aliphatic carbocycles. The average molecular weight is 365 g/mol. The van der Waals surface area contributed by atoms with Crippen LogP contribution in [-0.4, -0.2) is 24.5 Å². The van der Waals surface area contributed by atoms with E-state index in [0.29, 0.717) is 5.75 Å². The van der Waals surface area contributed by atoms with E-state index in [1.165, 1.54) is 0 Å². The number of benzene rings is 1. The summed E-state index contributed by atoms with van der Waals surface area (Å²) in [6.45, 7) is 6.21. The van der Waals surface area contributed by atoms with Gasteiger partial charge in [0.15, 0.2) is 0 Å². The number of ether oxygens (including phenoxy) is 1. The predicted molar refractivity (Wildman–Crippen MR) is 75.3 cm³/mol. The number of rotatable bonds is 5. The summed E-state index contributed by atoms with van der Waals surface area (Å²) < 4.78 is 29.1. The molecule has 0 N–H and O–H groups in total. The second-order valence-electron chi connectivity index (χ2n) is 4.29. The molecule has 0 spiro atoms. The topological polar surface area (TPSA) is 12.5 Å². The molecule has 0 saturated heterocycles. The quantitative estimate of drug-likeness (QED) is 0.735. The molecule has 1 aromatic carbocycles. The Bertz CT molecular complexity index is 538. The fourth-order valence-corrected chi connectivity index (χ4v) is 2.00. The number of likely N-dealkylation sites (N-methyl/N-ethyl adjacent to an activating group) is 1. The van der Waals surface area contributed by atoms with Gasteiger partial charge in [0.2, 0.25) is 0 Å². The first-order valence-electron chi connectivity index (χ1n) is 6.39. The third-order valence-corrected chi connectivity index (χ3v) is 2.93. The molecule has 0 unspecified atom stereocenters. The molecule has 21 heavy (non-hydrogen) atoms. The van der Waals surface area contributed by atoms with Crippen LogP contribution >= 0.6 is 0 Å². The van der Waals surface area contributed by atoms with Crippen LogP contribution in [0.25, 0.3) is 5.70 Å². The van der Waals surface area contributed by atoms with Gasteiger partial charge < -0.3 is 9.64 Å². The Morgan fingerprint density at radius 2 is 1.95 bits per heavy atom. The van der Waals surface area contributed by atoms with Crippen molar-refractivity contribution in [3.8, 4) is 5.75 Å². The van der Waals surface area contributed by atoms with Crippen molar-refractivity contribution in [1.29, 1.82) is 0 Å². The van der Waals surface area contributed by atoms with Gasteiger partial charge in [-0.15, -0.1) is 18.2 Å². The minimum atomic E-state index is -2.46. The molecule has 5 heteroatoms. The molecule has 1 aromatic rings. The largest absolute Gasteiger partial charge is 0.488 e. The molecule has 109 valence electrons. The summed E-state index contributed by atoms with van der Waals surface area (Å²) in [6.07, 6.45) is 4.43.